The van der Waals surface area contributed by atoms with Crippen LogP contribution in [0.5, 0.6) is 0 Å². The van der Waals surface area contributed by atoms with Crippen molar-refractivity contribution in [2.75, 3.05) is 30.4 Å². The summed E-state index contributed by atoms with van der Waals surface area (Å²) in [5.74, 6) is -3.11. The van der Waals surface area contributed by atoms with Crippen LogP contribution in [0.4, 0.5) is 26.1 Å². The highest BCUT2D eigenvalue weighted by Gasteiger charge is 2.40. The first kappa shape index (κ1) is 40.9. The second-order valence-corrected chi connectivity index (χ2v) is 15.0. The molecule has 0 bridgehead atoms. The van der Waals surface area contributed by atoms with E-state index in [0.29, 0.717) is 74.9 Å². The molecule has 17 heteroatoms. The lowest BCUT2D eigenvalue weighted by atomic mass is 9.95. The maximum absolute atomic E-state index is 14.9. The summed E-state index contributed by atoms with van der Waals surface area (Å²) in [5, 5.41) is 11.5. The van der Waals surface area contributed by atoms with Gasteiger partial charge in [-0.2, -0.15) is 0 Å². The van der Waals surface area contributed by atoms with Gasteiger partial charge in [0, 0.05) is 82.1 Å². The van der Waals surface area contributed by atoms with Crippen LogP contribution in [0.25, 0.3) is 11.3 Å². The number of fused-ring (bicyclic) bond motifs is 4. The van der Waals surface area contributed by atoms with Gasteiger partial charge in [-0.05, 0) is 79.9 Å². The second kappa shape index (κ2) is 17.7. The number of anilines is 3. The fraction of sp³-hybridized carbons (Fsp3) is 0.227. The number of halogens is 3. The molecule has 3 aliphatic rings. The lowest BCUT2D eigenvalue weighted by Gasteiger charge is -2.29. The first-order chi connectivity index (χ1) is 29.5. The quantitative estimate of drug-likeness (QED) is 0.0804. The van der Waals surface area contributed by atoms with Gasteiger partial charge in [0.15, 0.2) is 0 Å². The number of carbonyl (C=O) groups excluding carboxylic acids is 5. The summed E-state index contributed by atoms with van der Waals surface area (Å²) in [6, 6.07) is 19.6. The Labute approximate surface area is 352 Å². The van der Waals surface area contributed by atoms with Crippen LogP contribution >= 0.6 is 11.6 Å². The summed E-state index contributed by atoms with van der Waals surface area (Å²) >= 11 is 6.33. The van der Waals surface area contributed by atoms with Gasteiger partial charge in [-0.1, -0.05) is 29.8 Å². The number of benzene rings is 4. The van der Waals surface area contributed by atoms with Crippen LogP contribution in [0.3, 0.4) is 0 Å². The molecule has 1 fully saturated rings. The lowest BCUT2D eigenvalue weighted by molar-refractivity contribution is -0.137. The van der Waals surface area contributed by atoms with Crippen LogP contribution in [-0.4, -0.2) is 75.9 Å². The number of hydrogen-bond donors (Lipinski definition) is 4. The molecule has 14 nitrogen and oxygen atoms in total. The van der Waals surface area contributed by atoms with E-state index in [9.17, 15) is 32.8 Å². The number of nitrogens with one attached hydrogen (secondary N) is 4. The van der Waals surface area contributed by atoms with E-state index in [-0.39, 0.29) is 74.1 Å². The largest absolute Gasteiger partial charge is 0.372 e. The predicted octanol–water partition coefficient (Wildman–Crippen LogP) is 6.10. The van der Waals surface area contributed by atoms with Crippen LogP contribution in [0.2, 0.25) is 5.02 Å². The maximum Gasteiger partial charge on any atom is 0.255 e. The number of aromatic nitrogens is 2. The number of carbonyl (C=O) groups is 5. The molecule has 1 unspecified atom stereocenters. The Balaban J connectivity index is 0.788. The van der Waals surface area contributed by atoms with Gasteiger partial charge < -0.3 is 25.6 Å². The highest BCUT2D eigenvalue weighted by atomic mass is 35.5. The molecule has 4 N–H and O–H groups in total. The van der Waals surface area contributed by atoms with Crippen molar-refractivity contribution in [3.8, 4) is 11.3 Å². The van der Waals surface area contributed by atoms with Gasteiger partial charge in [-0.3, -0.25) is 34.3 Å². The van der Waals surface area contributed by atoms with Gasteiger partial charge in [0.05, 0.1) is 23.5 Å². The van der Waals surface area contributed by atoms with Gasteiger partial charge in [0.2, 0.25) is 23.7 Å². The number of imide groups is 1. The molecule has 5 amide bonds. The summed E-state index contributed by atoms with van der Waals surface area (Å²) in [5.41, 5.74) is 4.56. The van der Waals surface area contributed by atoms with E-state index in [1.54, 1.807) is 66.9 Å². The van der Waals surface area contributed by atoms with E-state index in [1.807, 2.05) is 0 Å². The van der Waals surface area contributed by atoms with E-state index in [0.717, 1.165) is 0 Å². The minimum Gasteiger partial charge on any atom is -0.372 e. The number of hydrogen-bond acceptors (Lipinski definition) is 10. The zero-order valence-corrected chi connectivity index (χ0v) is 33.2. The highest BCUT2D eigenvalue weighted by molar-refractivity contribution is 6.31. The third kappa shape index (κ3) is 8.86. The molecule has 310 valence electrons. The average molecular weight is 847 g/mol. The number of ether oxygens (including phenoxy) is 1. The second-order valence-electron chi connectivity index (χ2n) is 14.5. The van der Waals surface area contributed by atoms with E-state index in [2.05, 4.69) is 31.2 Å². The molecular weight excluding hydrogens is 810 g/mol. The Morgan fingerprint density at radius 2 is 1.72 bits per heavy atom. The van der Waals surface area contributed by atoms with Crippen LogP contribution < -0.4 is 21.3 Å². The van der Waals surface area contributed by atoms with Gasteiger partial charge >= 0.3 is 0 Å². The summed E-state index contributed by atoms with van der Waals surface area (Å²) in [6.07, 6.45) is 3.18. The topological polar surface area (TPSA) is 184 Å². The molecule has 0 spiro atoms. The molecule has 0 radical (unpaired) electrons. The number of nitrogens with zero attached hydrogens (tertiary/aromatic N) is 4. The number of piperidine rings is 1. The lowest BCUT2D eigenvalue weighted by Crippen LogP contribution is -2.52. The molecular formula is C44H37ClF2N8O6. The molecule has 0 aliphatic carbocycles. The van der Waals surface area contributed by atoms with Crippen LogP contribution in [0.15, 0.2) is 90.1 Å². The molecule has 8 rings (SSSR count). The Morgan fingerprint density at radius 3 is 2.51 bits per heavy atom. The van der Waals surface area contributed by atoms with Crippen molar-refractivity contribution < 1.29 is 37.5 Å². The summed E-state index contributed by atoms with van der Waals surface area (Å²) < 4.78 is 35.4. The zero-order valence-electron chi connectivity index (χ0n) is 32.4. The Kier molecular flexibility index (Phi) is 11.9. The smallest absolute Gasteiger partial charge is 0.255 e. The third-order valence-electron chi connectivity index (χ3n) is 10.5. The minimum atomic E-state index is -0.759. The highest BCUT2D eigenvalue weighted by Crippen LogP contribution is 2.35. The summed E-state index contributed by atoms with van der Waals surface area (Å²) in [4.78, 5) is 77.7. The number of aliphatic imine (C=N–C) groups is 1. The van der Waals surface area contributed by atoms with Gasteiger partial charge in [0.1, 0.15) is 24.3 Å². The van der Waals surface area contributed by atoms with Crippen molar-refractivity contribution in [1.29, 1.82) is 0 Å². The molecule has 5 aromatic rings. The Bertz CT molecular complexity index is 2600. The first-order valence-corrected chi connectivity index (χ1v) is 19.9. The van der Waals surface area contributed by atoms with Crippen molar-refractivity contribution >= 4 is 64.2 Å². The molecule has 0 saturated carbocycles. The fourth-order valence-electron chi connectivity index (χ4n) is 7.44. The van der Waals surface area contributed by atoms with Gasteiger partial charge in [-0.15, -0.1) is 0 Å². The monoisotopic (exact) mass is 846 g/mol. The van der Waals surface area contributed by atoms with E-state index < -0.39 is 29.5 Å². The zero-order chi connectivity index (χ0) is 42.6. The van der Waals surface area contributed by atoms with Crippen molar-refractivity contribution in [2.24, 2.45) is 4.99 Å². The fourth-order valence-corrected chi connectivity index (χ4v) is 7.62. The van der Waals surface area contributed by atoms with Gasteiger partial charge in [0.25, 0.3) is 11.8 Å². The van der Waals surface area contributed by atoms with Crippen molar-refractivity contribution in [2.45, 2.75) is 44.8 Å². The summed E-state index contributed by atoms with van der Waals surface area (Å²) in [6.45, 7) is 0.655. The summed E-state index contributed by atoms with van der Waals surface area (Å²) in [7, 11) is 0. The van der Waals surface area contributed by atoms with Crippen molar-refractivity contribution in [1.82, 2.24) is 25.5 Å². The molecule has 4 aromatic carbocycles. The normalized spacial score (nSPS) is 15.5. The average Bonchev–Trinajstić information content (AvgIpc) is 3.49. The SMILES string of the molecule is O=C1CCC(N2Cc3c(NC(=O)COCCCCNC(=O)c4ccc(Nc5ncc6c(n5)-c5ccc(Cl)cc5C(c5c(F)cccc5F)=NC6)cc4)cccc3C2=O)C(=O)N1. The molecule has 1 atom stereocenters. The number of rotatable bonds is 13. The van der Waals surface area contributed by atoms with Crippen LogP contribution in [0, 0.1) is 11.6 Å². The van der Waals surface area contributed by atoms with Gasteiger partial charge in [-0.25, -0.2) is 18.7 Å². The standard InChI is InChI=1S/C44H37ClF2N8O6/c45-26-11-14-28-30(19-26)40(38-32(46)6-4-7-33(38)47)49-20-25-21-50-44(54-39(25)28)51-27-12-9-24(10-13-27)41(58)48-17-1-2-18-61-23-37(57)52-34-8-3-5-29-31(34)22-55(43(29)60)35-15-16-36(56)53-42(35)59/h3-14,19,21,35H,1-2,15-18,20,22-23H2,(H,48,58)(H,52,57)(H,50,51,54)(H,53,56,59). The van der Waals surface area contributed by atoms with E-state index in [1.165, 1.54) is 23.1 Å². The third-order valence-corrected chi connectivity index (χ3v) is 10.7. The molecule has 3 aliphatic heterocycles. The van der Waals surface area contributed by atoms with Crippen molar-refractivity contribution in [3.63, 3.8) is 0 Å². The van der Waals surface area contributed by atoms with Crippen molar-refractivity contribution in [3.05, 3.63) is 135 Å². The molecule has 61 heavy (non-hydrogen) atoms. The number of amides is 5. The first-order valence-electron chi connectivity index (χ1n) is 19.5. The predicted molar refractivity (Wildman–Crippen MR) is 221 cm³/mol. The molecule has 4 heterocycles. The van der Waals surface area contributed by atoms with Crippen LogP contribution in [0.1, 0.15) is 68.7 Å². The molecule has 1 aromatic heterocycles. The maximum atomic E-state index is 14.9. The van der Waals surface area contributed by atoms with E-state index >= 15 is 0 Å². The van der Waals surface area contributed by atoms with E-state index in [4.69, 9.17) is 21.3 Å². The number of unbranched alkanes of at least 4 members (excludes halogenated alkanes) is 1. The van der Waals surface area contributed by atoms with Crippen LogP contribution in [-0.2, 0) is 32.2 Å². The Morgan fingerprint density at radius 1 is 0.934 bits per heavy atom. The molecule has 1 saturated heterocycles. The Hall–Kier alpha value is -6.91. The minimum absolute atomic E-state index is 0.0806.